The second-order valence-electron chi connectivity index (χ2n) is 7.04. The van der Waals surface area contributed by atoms with E-state index in [1.807, 2.05) is 12.1 Å². The second-order valence-corrected chi connectivity index (χ2v) is 7.04. The molecule has 0 radical (unpaired) electrons. The van der Waals surface area contributed by atoms with Gasteiger partial charge in [-0.3, -0.25) is 9.69 Å². The molecule has 0 spiro atoms. The van der Waals surface area contributed by atoms with Gasteiger partial charge in [-0.15, -0.1) is 0 Å². The van der Waals surface area contributed by atoms with Crippen molar-refractivity contribution in [3.63, 3.8) is 0 Å². The average molecular weight is 330 g/mol. The number of hydrogen-bond donors (Lipinski definition) is 0. The fraction of sp³-hybridized carbons (Fsp3) is 0.632. The molecule has 130 valence electrons. The first-order valence-corrected chi connectivity index (χ1v) is 9.13. The molecule has 0 aromatic heterocycles. The van der Waals surface area contributed by atoms with Gasteiger partial charge in [0.25, 0.3) is 0 Å². The van der Waals surface area contributed by atoms with Crippen LogP contribution in [0.2, 0.25) is 0 Å². The molecule has 0 bridgehead atoms. The van der Waals surface area contributed by atoms with Crippen LogP contribution in [0, 0.1) is 0 Å². The molecule has 2 fully saturated rings. The van der Waals surface area contributed by atoms with Crippen molar-refractivity contribution in [2.45, 2.75) is 51.2 Å². The largest absolute Gasteiger partial charge is 0.486 e. The van der Waals surface area contributed by atoms with E-state index in [1.54, 1.807) is 6.92 Å². The SMILES string of the molecule is CC(=O)N1CCC[C@H]1[C@H]1CCCN1Cc1cccc2c1OCCO2. The third-order valence-electron chi connectivity index (χ3n) is 5.58. The van der Waals surface area contributed by atoms with E-state index in [1.165, 1.54) is 18.4 Å². The van der Waals surface area contributed by atoms with Crippen molar-refractivity contribution in [2.75, 3.05) is 26.3 Å². The number of para-hydroxylation sites is 1. The molecule has 4 rings (SSSR count). The van der Waals surface area contributed by atoms with Gasteiger partial charge in [-0.25, -0.2) is 0 Å². The molecule has 1 amide bonds. The van der Waals surface area contributed by atoms with Crippen LogP contribution in [0.15, 0.2) is 18.2 Å². The van der Waals surface area contributed by atoms with Crippen LogP contribution in [0.4, 0.5) is 0 Å². The second kappa shape index (κ2) is 6.63. The van der Waals surface area contributed by atoms with Crippen molar-refractivity contribution in [3.8, 4) is 11.5 Å². The van der Waals surface area contributed by atoms with E-state index < -0.39 is 0 Å². The van der Waals surface area contributed by atoms with E-state index in [9.17, 15) is 4.79 Å². The van der Waals surface area contributed by atoms with Crippen LogP contribution in [0.25, 0.3) is 0 Å². The summed E-state index contributed by atoms with van der Waals surface area (Å²) in [6.45, 7) is 5.84. The third kappa shape index (κ3) is 2.86. The maximum absolute atomic E-state index is 11.9. The van der Waals surface area contributed by atoms with Gasteiger partial charge in [0.15, 0.2) is 11.5 Å². The van der Waals surface area contributed by atoms with E-state index in [-0.39, 0.29) is 5.91 Å². The quantitative estimate of drug-likeness (QED) is 0.854. The van der Waals surface area contributed by atoms with Gasteiger partial charge >= 0.3 is 0 Å². The van der Waals surface area contributed by atoms with E-state index in [4.69, 9.17) is 9.47 Å². The molecule has 0 N–H and O–H groups in total. The standard InChI is InChI=1S/C19H26N2O3/c1-14(22)21-10-4-7-17(21)16-6-3-9-20(16)13-15-5-2-8-18-19(15)24-12-11-23-18/h2,5,8,16-17H,3-4,6-7,9-13H2,1H3/t16-,17+/m1/s1. The molecule has 2 saturated heterocycles. The number of likely N-dealkylation sites (tertiary alicyclic amines) is 2. The number of fused-ring (bicyclic) bond motifs is 1. The molecule has 0 unspecified atom stereocenters. The summed E-state index contributed by atoms with van der Waals surface area (Å²) < 4.78 is 11.6. The molecule has 3 heterocycles. The molecule has 24 heavy (non-hydrogen) atoms. The molecule has 5 nitrogen and oxygen atoms in total. The van der Waals surface area contributed by atoms with E-state index in [0.29, 0.717) is 25.3 Å². The van der Waals surface area contributed by atoms with Gasteiger partial charge in [-0.05, 0) is 38.3 Å². The minimum Gasteiger partial charge on any atom is -0.486 e. The van der Waals surface area contributed by atoms with Crippen LogP contribution in [-0.4, -0.2) is 54.1 Å². The fourth-order valence-corrected chi connectivity index (χ4v) is 4.54. The van der Waals surface area contributed by atoms with Crippen molar-refractivity contribution in [1.29, 1.82) is 0 Å². The maximum Gasteiger partial charge on any atom is 0.219 e. The van der Waals surface area contributed by atoms with E-state index >= 15 is 0 Å². The van der Waals surface area contributed by atoms with Crippen molar-refractivity contribution >= 4 is 5.91 Å². The van der Waals surface area contributed by atoms with Crippen molar-refractivity contribution in [3.05, 3.63) is 23.8 Å². The van der Waals surface area contributed by atoms with Gasteiger partial charge in [0.2, 0.25) is 5.91 Å². The smallest absolute Gasteiger partial charge is 0.219 e. The lowest BCUT2D eigenvalue weighted by Crippen LogP contribution is -2.47. The highest BCUT2D eigenvalue weighted by Crippen LogP contribution is 2.37. The predicted octanol–water partition coefficient (Wildman–Crippen LogP) is 2.43. The highest BCUT2D eigenvalue weighted by molar-refractivity contribution is 5.74. The van der Waals surface area contributed by atoms with Gasteiger partial charge < -0.3 is 14.4 Å². The van der Waals surface area contributed by atoms with Crippen LogP contribution in [0.5, 0.6) is 11.5 Å². The number of hydrogen-bond acceptors (Lipinski definition) is 4. The van der Waals surface area contributed by atoms with Crippen molar-refractivity contribution in [2.24, 2.45) is 0 Å². The van der Waals surface area contributed by atoms with E-state index in [2.05, 4.69) is 15.9 Å². The lowest BCUT2D eigenvalue weighted by molar-refractivity contribution is -0.130. The molecule has 5 heteroatoms. The highest BCUT2D eigenvalue weighted by atomic mass is 16.6. The molecule has 3 aliphatic heterocycles. The number of amides is 1. The minimum atomic E-state index is 0.221. The Labute approximate surface area is 143 Å². The monoisotopic (exact) mass is 330 g/mol. The third-order valence-corrected chi connectivity index (χ3v) is 5.58. The predicted molar refractivity (Wildman–Crippen MR) is 91.3 cm³/mol. The molecular formula is C19H26N2O3. The summed E-state index contributed by atoms with van der Waals surface area (Å²) in [4.78, 5) is 16.6. The number of benzene rings is 1. The normalized spacial score (nSPS) is 26.8. The number of carbonyl (C=O) groups excluding carboxylic acids is 1. The molecule has 0 saturated carbocycles. The zero-order valence-electron chi connectivity index (χ0n) is 14.4. The first-order valence-electron chi connectivity index (χ1n) is 9.13. The summed E-state index contributed by atoms with van der Waals surface area (Å²) in [6, 6.07) is 7.01. The van der Waals surface area contributed by atoms with Gasteiger partial charge in [0.1, 0.15) is 13.2 Å². The van der Waals surface area contributed by atoms with Crippen molar-refractivity contribution in [1.82, 2.24) is 9.80 Å². The van der Waals surface area contributed by atoms with Crippen molar-refractivity contribution < 1.29 is 14.3 Å². The van der Waals surface area contributed by atoms with Gasteiger partial charge in [-0.2, -0.15) is 0 Å². The number of carbonyl (C=O) groups is 1. The fourth-order valence-electron chi connectivity index (χ4n) is 4.54. The lowest BCUT2D eigenvalue weighted by Gasteiger charge is -2.35. The zero-order valence-corrected chi connectivity index (χ0v) is 14.4. The molecule has 2 atom stereocenters. The molecular weight excluding hydrogens is 304 g/mol. The minimum absolute atomic E-state index is 0.221. The maximum atomic E-state index is 11.9. The van der Waals surface area contributed by atoms with E-state index in [0.717, 1.165) is 44.0 Å². The first-order chi connectivity index (χ1) is 11.7. The van der Waals surface area contributed by atoms with Gasteiger partial charge in [-0.1, -0.05) is 12.1 Å². The summed E-state index contributed by atoms with van der Waals surface area (Å²) in [6.07, 6.45) is 4.65. The number of ether oxygens (including phenoxy) is 2. The van der Waals surface area contributed by atoms with Crippen LogP contribution in [0.3, 0.4) is 0 Å². The molecule has 1 aromatic carbocycles. The average Bonchev–Trinajstić information content (AvgIpc) is 3.23. The highest BCUT2D eigenvalue weighted by Gasteiger charge is 2.39. The Morgan fingerprint density at radius 2 is 1.92 bits per heavy atom. The molecule has 0 aliphatic carbocycles. The molecule has 1 aromatic rings. The van der Waals surface area contributed by atoms with Crippen LogP contribution in [-0.2, 0) is 11.3 Å². The molecule has 3 aliphatic rings. The topological polar surface area (TPSA) is 42.0 Å². The summed E-state index contributed by atoms with van der Waals surface area (Å²) in [7, 11) is 0. The van der Waals surface area contributed by atoms with Gasteiger partial charge in [0.05, 0.1) is 0 Å². The number of rotatable bonds is 3. The summed E-state index contributed by atoms with van der Waals surface area (Å²) >= 11 is 0. The Hall–Kier alpha value is -1.75. The Bertz CT molecular complexity index is 619. The first kappa shape index (κ1) is 15.8. The Morgan fingerprint density at radius 3 is 2.79 bits per heavy atom. The Morgan fingerprint density at radius 1 is 1.12 bits per heavy atom. The Balaban J connectivity index is 1.53. The zero-order chi connectivity index (χ0) is 16.5. The number of nitrogens with zero attached hydrogens (tertiary/aromatic N) is 2. The lowest BCUT2D eigenvalue weighted by atomic mass is 10.0. The van der Waals surface area contributed by atoms with Crippen LogP contribution >= 0.6 is 0 Å². The van der Waals surface area contributed by atoms with Gasteiger partial charge in [0, 0.05) is 37.7 Å². The van der Waals surface area contributed by atoms with Crippen LogP contribution < -0.4 is 9.47 Å². The summed E-state index contributed by atoms with van der Waals surface area (Å²) in [5.74, 6) is 1.99. The summed E-state index contributed by atoms with van der Waals surface area (Å²) in [5, 5.41) is 0. The Kier molecular flexibility index (Phi) is 4.35. The van der Waals surface area contributed by atoms with Crippen LogP contribution in [0.1, 0.15) is 38.2 Å². The summed E-state index contributed by atoms with van der Waals surface area (Å²) in [5.41, 5.74) is 1.20.